The largest absolute Gasteiger partial charge is 0.369 e. The van der Waals surface area contributed by atoms with Gasteiger partial charge < -0.3 is 15.1 Å². The molecule has 1 amide bonds. The van der Waals surface area contributed by atoms with Crippen molar-refractivity contribution in [3.8, 4) is 0 Å². The van der Waals surface area contributed by atoms with Crippen LogP contribution in [0, 0.1) is 0 Å². The molecule has 0 spiro atoms. The van der Waals surface area contributed by atoms with Gasteiger partial charge in [0.05, 0.1) is 0 Å². The van der Waals surface area contributed by atoms with Gasteiger partial charge in [-0.1, -0.05) is 20.8 Å². The Kier molecular flexibility index (Phi) is 5.24. The van der Waals surface area contributed by atoms with Crippen LogP contribution in [0.25, 0.3) is 0 Å². The molecule has 0 unspecified atom stereocenters. The van der Waals surface area contributed by atoms with Crippen molar-refractivity contribution in [1.82, 2.24) is 10.2 Å². The lowest BCUT2D eigenvalue weighted by atomic mass is 9.85. The minimum absolute atomic E-state index is 0.0893. The standard InChI is InChI=1S/C20H29F2N3O/c1-19(2,3)16-12-15(13-17(14-16)24-10-6-23-7-11-24)18(26)25-8-4-20(21,22)5-9-25/h12-14,23H,4-11H2,1-3H3. The van der Waals surface area contributed by atoms with E-state index in [2.05, 4.69) is 37.1 Å². The van der Waals surface area contributed by atoms with E-state index in [-0.39, 0.29) is 37.3 Å². The van der Waals surface area contributed by atoms with Crippen LogP contribution in [-0.2, 0) is 5.41 Å². The van der Waals surface area contributed by atoms with Crippen LogP contribution in [0.1, 0.15) is 49.5 Å². The number of nitrogens with one attached hydrogen (secondary N) is 1. The smallest absolute Gasteiger partial charge is 0.253 e. The molecule has 2 aliphatic heterocycles. The Morgan fingerprint density at radius 2 is 1.65 bits per heavy atom. The van der Waals surface area contributed by atoms with Crippen LogP contribution >= 0.6 is 0 Å². The number of carbonyl (C=O) groups is 1. The zero-order valence-corrected chi connectivity index (χ0v) is 15.9. The number of piperazine rings is 1. The van der Waals surface area contributed by atoms with E-state index in [1.54, 1.807) is 4.90 Å². The van der Waals surface area contributed by atoms with Crippen molar-refractivity contribution in [3.05, 3.63) is 29.3 Å². The Morgan fingerprint density at radius 1 is 1.04 bits per heavy atom. The molecule has 0 aliphatic carbocycles. The van der Waals surface area contributed by atoms with Gasteiger partial charge in [-0.25, -0.2) is 8.78 Å². The number of halogens is 2. The molecule has 1 aromatic rings. The zero-order valence-electron chi connectivity index (χ0n) is 15.9. The second-order valence-corrected chi connectivity index (χ2v) is 8.40. The number of hydrogen-bond acceptors (Lipinski definition) is 3. The lowest BCUT2D eigenvalue weighted by Crippen LogP contribution is -2.44. The predicted molar refractivity (Wildman–Crippen MR) is 100 cm³/mol. The Hall–Kier alpha value is -1.69. The van der Waals surface area contributed by atoms with Crippen LogP contribution in [0.5, 0.6) is 0 Å². The lowest BCUT2D eigenvalue weighted by molar-refractivity contribution is -0.0494. The van der Waals surface area contributed by atoms with E-state index in [0.717, 1.165) is 37.4 Å². The fourth-order valence-corrected chi connectivity index (χ4v) is 3.49. The monoisotopic (exact) mass is 365 g/mol. The summed E-state index contributed by atoms with van der Waals surface area (Å²) in [4.78, 5) is 16.8. The number of benzene rings is 1. The van der Waals surface area contributed by atoms with E-state index in [9.17, 15) is 13.6 Å². The van der Waals surface area contributed by atoms with E-state index < -0.39 is 5.92 Å². The van der Waals surface area contributed by atoms with Crippen LogP contribution in [-0.4, -0.2) is 56.0 Å². The first-order chi connectivity index (χ1) is 12.2. The second-order valence-electron chi connectivity index (χ2n) is 8.40. The average Bonchev–Trinajstić information content (AvgIpc) is 2.61. The van der Waals surface area contributed by atoms with E-state index in [4.69, 9.17) is 0 Å². The molecule has 0 bridgehead atoms. The van der Waals surface area contributed by atoms with Crippen molar-refractivity contribution in [1.29, 1.82) is 0 Å². The molecule has 2 heterocycles. The molecule has 3 rings (SSSR count). The predicted octanol–water partition coefficient (Wildman–Crippen LogP) is 3.27. The van der Waals surface area contributed by atoms with Gasteiger partial charge in [0.25, 0.3) is 11.8 Å². The molecule has 26 heavy (non-hydrogen) atoms. The number of carbonyl (C=O) groups excluding carboxylic acids is 1. The maximum atomic E-state index is 13.4. The molecular formula is C20H29F2N3O. The summed E-state index contributed by atoms with van der Waals surface area (Å²) in [6, 6.07) is 6.02. The van der Waals surface area contributed by atoms with Crippen molar-refractivity contribution < 1.29 is 13.6 Å². The molecule has 0 aromatic heterocycles. The number of anilines is 1. The highest BCUT2D eigenvalue weighted by atomic mass is 19.3. The van der Waals surface area contributed by atoms with Gasteiger partial charge in [0.2, 0.25) is 0 Å². The number of alkyl halides is 2. The van der Waals surface area contributed by atoms with E-state index >= 15 is 0 Å². The Bertz CT molecular complexity index is 654. The highest BCUT2D eigenvalue weighted by Gasteiger charge is 2.36. The third-order valence-electron chi connectivity index (χ3n) is 5.30. The highest BCUT2D eigenvalue weighted by molar-refractivity contribution is 5.95. The molecule has 4 nitrogen and oxygen atoms in total. The van der Waals surface area contributed by atoms with Crippen molar-refractivity contribution >= 4 is 11.6 Å². The van der Waals surface area contributed by atoms with Gasteiger partial charge in [0, 0.05) is 63.4 Å². The van der Waals surface area contributed by atoms with Gasteiger partial charge >= 0.3 is 0 Å². The Labute approximate surface area is 154 Å². The molecule has 2 aliphatic rings. The summed E-state index contributed by atoms with van der Waals surface area (Å²) >= 11 is 0. The topological polar surface area (TPSA) is 35.6 Å². The minimum Gasteiger partial charge on any atom is -0.369 e. The number of amides is 1. The third kappa shape index (κ3) is 4.34. The molecule has 6 heteroatoms. The molecule has 0 radical (unpaired) electrons. The van der Waals surface area contributed by atoms with Crippen molar-refractivity contribution in [2.45, 2.75) is 45.0 Å². The molecule has 1 N–H and O–H groups in total. The van der Waals surface area contributed by atoms with Crippen LogP contribution in [0.4, 0.5) is 14.5 Å². The molecule has 2 saturated heterocycles. The number of piperidine rings is 1. The van der Waals surface area contributed by atoms with E-state index in [1.807, 2.05) is 12.1 Å². The Balaban J connectivity index is 1.88. The molecular weight excluding hydrogens is 336 g/mol. The third-order valence-corrected chi connectivity index (χ3v) is 5.30. The van der Waals surface area contributed by atoms with Gasteiger partial charge in [-0.3, -0.25) is 4.79 Å². The molecule has 2 fully saturated rings. The number of rotatable bonds is 2. The van der Waals surface area contributed by atoms with Gasteiger partial charge in [-0.05, 0) is 29.2 Å². The average molecular weight is 365 g/mol. The van der Waals surface area contributed by atoms with Gasteiger partial charge in [-0.2, -0.15) is 0 Å². The summed E-state index contributed by atoms with van der Waals surface area (Å²) in [5.41, 5.74) is 2.66. The zero-order chi connectivity index (χ0) is 18.9. The molecule has 144 valence electrons. The quantitative estimate of drug-likeness (QED) is 0.874. The molecule has 0 atom stereocenters. The number of likely N-dealkylation sites (tertiary alicyclic amines) is 1. The highest BCUT2D eigenvalue weighted by Crippen LogP contribution is 2.31. The SMILES string of the molecule is CC(C)(C)c1cc(C(=O)N2CCC(F)(F)CC2)cc(N2CCNCC2)c1. The summed E-state index contributed by atoms with van der Waals surface area (Å²) < 4.78 is 26.8. The molecule has 0 saturated carbocycles. The molecule has 1 aromatic carbocycles. The first kappa shape index (κ1) is 19.1. The Morgan fingerprint density at radius 3 is 2.23 bits per heavy atom. The van der Waals surface area contributed by atoms with Crippen molar-refractivity contribution in [2.75, 3.05) is 44.2 Å². The first-order valence-corrected chi connectivity index (χ1v) is 9.44. The van der Waals surface area contributed by atoms with Crippen molar-refractivity contribution in [3.63, 3.8) is 0 Å². The normalized spacial score (nSPS) is 21.0. The summed E-state index contributed by atoms with van der Waals surface area (Å²) in [5.74, 6) is -2.78. The second kappa shape index (κ2) is 7.14. The maximum Gasteiger partial charge on any atom is 0.253 e. The maximum absolute atomic E-state index is 13.4. The number of nitrogens with zero attached hydrogens (tertiary/aromatic N) is 2. The number of hydrogen-bond donors (Lipinski definition) is 1. The van der Waals surface area contributed by atoms with Crippen LogP contribution in [0.15, 0.2) is 18.2 Å². The van der Waals surface area contributed by atoms with E-state index in [1.165, 1.54) is 0 Å². The minimum atomic E-state index is -2.64. The van der Waals surface area contributed by atoms with Crippen LogP contribution < -0.4 is 10.2 Å². The van der Waals surface area contributed by atoms with Gasteiger partial charge in [0.1, 0.15) is 0 Å². The fourth-order valence-electron chi connectivity index (χ4n) is 3.49. The van der Waals surface area contributed by atoms with Crippen LogP contribution in [0.2, 0.25) is 0 Å². The van der Waals surface area contributed by atoms with Gasteiger partial charge in [-0.15, -0.1) is 0 Å². The first-order valence-electron chi connectivity index (χ1n) is 9.44. The van der Waals surface area contributed by atoms with Gasteiger partial charge in [0.15, 0.2) is 0 Å². The van der Waals surface area contributed by atoms with Crippen LogP contribution in [0.3, 0.4) is 0 Å². The summed E-state index contributed by atoms with van der Waals surface area (Å²) in [6.07, 6.45) is -0.495. The van der Waals surface area contributed by atoms with E-state index in [0.29, 0.717) is 5.56 Å². The summed E-state index contributed by atoms with van der Waals surface area (Å²) in [5, 5.41) is 3.34. The summed E-state index contributed by atoms with van der Waals surface area (Å²) in [7, 11) is 0. The summed E-state index contributed by atoms with van der Waals surface area (Å²) in [6.45, 7) is 10.3. The van der Waals surface area contributed by atoms with Crippen molar-refractivity contribution in [2.24, 2.45) is 0 Å². The lowest BCUT2D eigenvalue weighted by Gasteiger charge is -2.34. The fraction of sp³-hybridized carbons (Fsp3) is 0.650.